The molecule has 0 unspecified atom stereocenters. The summed E-state index contributed by atoms with van der Waals surface area (Å²) >= 11 is 3.23. The Balaban J connectivity index is 1.43. The Bertz CT molecular complexity index is 771. The van der Waals surface area contributed by atoms with Crippen molar-refractivity contribution < 1.29 is 14.0 Å². The first-order valence-corrected chi connectivity index (χ1v) is 9.47. The number of rotatable bonds is 5. The SMILES string of the molecule is O=C(NCCC(=O)N1CCC(n2cccc2)CC1)c1cc(F)ccc1Br. The number of amides is 2. The predicted octanol–water partition coefficient (Wildman–Crippen LogP) is 3.37. The maximum Gasteiger partial charge on any atom is 0.252 e. The van der Waals surface area contributed by atoms with Crippen LogP contribution in [0.15, 0.2) is 47.2 Å². The third-order valence-electron chi connectivity index (χ3n) is 4.66. The molecule has 26 heavy (non-hydrogen) atoms. The number of benzene rings is 1. The summed E-state index contributed by atoms with van der Waals surface area (Å²) in [7, 11) is 0. The number of carbonyl (C=O) groups excluding carboxylic acids is 2. The van der Waals surface area contributed by atoms with Crippen molar-refractivity contribution in [3.63, 3.8) is 0 Å². The fraction of sp³-hybridized carbons (Fsp3) is 0.368. The number of carbonyl (C=O) groups is 2. The molecule has 2 amide bonds. The molecule has 1 aliphatic rings. The molecule has 0 saturated carbocycles. The minimum absolute atomic E-state index is 0.0366. The third kappa shape index (κ3) is 4.52. The molecule has 3 rings (SSSR count). The van der Waals surface area contributed by atoms with E-state index in [4.69, 9.17) is 0 Å². The molecule has 0 bridgehead atoms. The molecule has 0 aliphatic carbocycles. The molecule has 1 aromatic carbocycles. The lowest BCUT2D eigenvalue weighted by Gasteiger charge is -2.33. The molecule has 2 heterocycles. The molecule has 1 fully saturated rings. The normalized spacial score (nSPS) is 15.1. The van der Waals surface area contributed by atoms with Gasteiger partial charge in [0.1, 0.15) is 5.82 Å². The number of nitrogens with zero attached hydrogens (tertiary/aromatic N) is 2. The zero-order valence-electron chi connectivity index (χ0n) is 14.3. The molecule has 1 N–H and O–H groups in total. The molecule has 1 aliphatic heterocycles. The van der Waals surface area contributed by atoms with E-state index < -0.39 is 11.7 Å². The fourth-order valence-corrected chi connectivity index (χ4v) is 3.64. The number of aromatic nitrogens is 1. The minimum atomic E-state index is -0.472. The summed E-state index contributed by atoms with van der Waals surface area (Å²) in [5, 5.41) is 2.68. The van der Waals surface area contributed by atoms with E-state index in [1.165, 1.54) is 18.2 Å². The van der Waals surface area contributed by atoms with Crippen LogP contribution in [0.1, 0.15) is 35.7 Å². The van der Waals surface area contributed by atoms with Crippen LogP contribution in [-0.4, -0.2) is 40.9 Å². The minimum Gasteiger partial charge on any atom is -0.351 e. The van der Waals surface area contributed by atoms with Crippen molar-refractivity contribution in [1.29, 1.82) is 0 Å². The van der Waals surface area contributed by atoms with Gasteiger partial charge in [-0.3, -0.25) is 9.59 Å². The van der Waals surface area contributed by atoms with Gasteiger partial charge in [-0.05, 0) is 59.1 Å². The fourth-order valence-electron chi connectivity index (χ4n) is 3.21. The topological polar surface area (TPSA) is 54.3 Å². The van der Waals surface area contributed by atoms with Crippen LogP contribution in [0.2, 0.25) is 0 Å². The molecule has 1 aromatic heterocycles. The van der Waals surface area contributed by atoms with E-state index in [2.05, 4.69) is 38.2 Å². The molecule has 0 spiro atoms. The first kappa shape index (κ1) is 18.6. The Kier molecular flexibility index (Phi) is 6.08. The van der Waals surface area contributed by atoms with Crippen molar-refractivity contribution in [2.75, 3.05) is 19.6 Å². The van der Waals surface area contributed by atoms with Crippen molar-refractivity contribution in [2.45, 2.75) is 25.3 Å². The first-order chi connectivity index (χ1) is 12.5. The summed E-state index contributed by atoms with van der Waals surface area (Å²) in [4.78, 5) is 26.3. The standard InChI is InChI=1S/C19H21BrFN3O2/c20-17-4-3-14(21)13-16(17)19(26)22-8-5-18(25)24-11-6-15(7-12-24)23-9-1-2-10-23/h1-4,9-10,13,15H,5-8,11-12H2,(H,22,26). The quantitative estimate of drug-likeness (QED) is 0.804. The van der Waals surface area contributed by atoms with Gasteiger partial charge in [-0.15, -0.1) is 0 Å². The Morgan fingerprint density at radius 3 is 2.58 bits per heavy atom. The van der Waals surface area contributed by atoms with Crippen molar-refractivity contribution in [3.05, 3.63) is 58.6 Å². The lowest BCUT2D eigenvalue weighted by molar-refractivity contribution is -0.132. The Hall–Kier alpha value is -2.15. The number of hydrogen-bond acceptors (Lipinski definition) is 2. The van der Waals surface area contributed by atoms with Gasteiger partial charge >= 0.3 is 0 Å². The van der Waals surface area contributed by atoms with Gasteiger partial charge < -0.3 is 14.8 Å². The van der Waals surface area contributed by atoms with E-state index in [1.54, 1.807) is 0 Å². The molecular formula is C19H21BrFN3O2. The predicted molar refractivity (Wildman–Crippen MR) is 100 cm³/mol. The highest BCUT2D eigenvalue weighted by atomic mass is 79.9. The number of halogens is 2. The van der Waals surface area contributed by atoms with Crippen LogP contribution in [0.25, 0.3) is 0 Å². The molecule has 5 nitrogen and oxygen atoms in total. The summed E-state index contributed by atoms with van der Waals surface area (Å²) in [5.41, 5.74) is 0.227. The second kappa shape index (κ2) is 8.49. The maximum atomic E-state index is 13.3. The molecule has 7 heteroatoms. The van der Waals surface area contributed by atoms with Gasteiger partial charge in [0.15, 0.2) is 0 Å². The van der Waals surface area contributed by atoms with Crippen LogP contribution in [0, 0.1) is 5.82 Å². The van der Waals surface area contributed by atoms with E-state index in [9.17, 15) is 14.0 Å². The van der Waals surface area contributed by atoms with Crippen LogP contribution in [0.5, 0.6) is 0 Å². The van der Waals surface area contributed by atoms with Crippen LogP contribution in [-0.2, 0) is 4.79 Å². The van der Waals surface area contributed by atoms with Gasteiger partial charge in [0.05, 0.1) is 5.56 Å². The lowest BCUT2D eigenvalue weighted by Crippen LogP contribution is -2.40. The highest BCUT2D eigenvalue weighted by Crippen LogP contribution is 2.23. The average Bonchev–Trinajstić information content (AvgIpc) is 3.18. The number of piperidine rings is 1. The number of likely N-dealkylation sites (tertiary alicyclic amines) is 1. The molecule has 0 radical (unpaired) electrons. The van der Waals surface area contributed by atoms with Crippen LogP contribution < -0.4 is 5.32 Å². The van der Waals surface area contributed by atoms with Crippen molar-refractivity contribution >= 4 is 27.7 Å². The van der Waals surface area contributed by atoms with Crippen molar-refractivity contribution in [3.8, 4) is 0 Å². The maximum absolute atomic E-state index is 13.3. The van der Waals surface area contributed by atoms with Crippen LogP contribution >= 0.6 is 15.9 Å². The van der Waals surface area contributed by atoms with Gasteiger partial charge in [0, 0.05) is 49.0 Å². The van der Waals surface area contributed by atoms with Gasteiger partial charge in [0.2, 0.25) is 5.91 Å². The van der Waals surface area contributed by atoms with Crippen molar-refractivity contribution in [2.24, 2.45) is 0 Å². The van der Waals surface area contributed by atoms with E-state index in [0.717, 1.165) is 25.9 Å². The van der Waals surface area contributed by atoms with Gasteiger partial charge in [-0.25, -0.2) is 4.39 Å². The second-order valence-corrected chi connectivity index (χ2v) is 7.23. The summed E-state index contributed by atoms with van der Waals surface area (Å²) in [6.45, 7) is 1.69. The molecule has 2 aromatic rings. The highest BCUT2D eigenvalue weighted by molar-refractivity contribution is 9.10. The average molecular weight is 422 g/mol. The monoisotopic (exact) mass is 421 g/mol. The van der Waals surface area contributed by atoms with E-state index >= 15 is 0 Å². The summed E-state index contributed by atoms with van der Waals surface area (Å²) < 4.78 is 16.0. The van der Waals surface area contributed by atoms with Gasteiger partial charge in [-0.1, -0.05) is 0 Å². The molecule has 0 atom stereocenters. The smallest absolute Gasteiger partial charge is 0.252 e. The first-order valence-electron chi connectivity index (χ1n) is 8.68. The molecular weight excluding hydrogens is 401 g/mol. The van der Waals surface area contributed by atoms with Gasteiger partial charge in [0.25, 0.3) is 5.91 Å². The van der Waals surface area contributed by atoms with Crippen molar-refractivity contribution in [1.82, 2.24) is 14.8 Å². The van der Waals surface area contributed by atoms with E-state index in [0.29, 0.717) is 10.5 Å². The Morgan fingerprint density at radius 1 is 1.19 bits per heavy atom. The van der Waals surface area contributed by atoms with Crippen LogP contribution in [0.3, 0.4) is 0 Å². The third-order valence-corrected chi connectivity index (χ3v) is 5.36. The Labute approximate surface area is 160 Å². The summed E-state index contributed by atoms with van der Waals surface area (Å²) in [6.07, 6.45) is 6.23. The van der Waals surface area contributed by atoms with E-state index in [-0.39, 0.29) is 24.4 Å². The van der Waals surface area contributed by atoms with Gasteiger partial charge in [-0.2, -0.15) is 0 Å². The summed E-state index contributed by atoms with van der Waals surface area (Å²) in [6, 6.07) is 8.41. The largest absolute Gasteiger partial charge is 0.351 e. The number of hydrogen-bond donors (Lipinski definition) is 1. The highest BCUT2D eigenvalue weighted by Gasteiger charge is 2.23. The Morgan fingerprint density at radius 2 is 1.88 bits per heavy atom. The summed E-state index contributed by atoms with van der Waals surface area (Å²) in [5.74, 6) is -0.829. The van der Waals surface area contributed by atoms with Crippen LogP contribution in [0.4, 0.5) is 4.39 Å². The second-order valence-electron chi connectivity index (χ2n) is 6.37. The molecule has 138 valence electrons. The molecule has 1 saturated heterocycles. The lowest BCUT2D eigenvalue weighted by atomic mass is 10.0. The number of nitrogens with one attached hydrogen (secondary N) is 1. The van der Waals surface area contributed by atoms with E-state index in [1.807, 2.05) is 17.0 Å². The zero-order chi connectivity index (χ0) is 18.5. The zero-order valence-corrected chi connectivity index (χ0v) is 15.9.